The molecule has 0 radical (unpaired) electrons. The van der Waals surface area contributed by atoms with E-state index in [-0.39, 0.29) is 5.91 Å². The average molecular weight is 400 g/mol. The fourth-order valence-corrected chi connectivity index (χ4v) is 3.32. The third kappa shape index (κ3) is 6.59. The Morgan fingerprint density at radius 2 is 1.53 bits per heavy atom. The van der Waals surface area contributed by atoms with Crippen LogP contribution in [0.2, 0.25) is 0 Å². The van der Waals surface area contributed by atoms with Gasteiger partial charge in [0.25, 0.3) is 0 Å². The quantitative estimate of drug-likeness (QED) is 0.241. The van der Waals surface area contributed by atoms with E-state index >= 15 is 0 Å². The second kappa shape index (κ2) is 11.0. The maximum Gasteiger partial charge on any atom is 0.224 e. The Hall–Kier alpha value is -3.40. The van der Waals surface area contributed by atoms with Crippen LogP contribution in [0.3, 0.4) is 0 Å². The van der Waals surface area contributed by atoms with Crippen molar-refractivity contribution in [2.75, 3.05) is 11.1 Å². The lowest BCUT2D eigenvalue weighted by Crippen LogP contribution is -2.11. The number of hydrogen-bond acceptors (Lipinski definition) is 3. The molecule has 0 saturated heterocycles. The molecule has 0 atom stereocenters. The smallest absolute Gasteiger partial charge is 0.224 e. The number of amides is 1. The second-order valence-corrected chi connectivity index (χ2v) is 7.46. The summed E-state index contributed by atoms with van der Waals surface area (Å²) in [4.78, 5) is 16.9. The summed E-state index contributed by atoms with van der Waals surface area (Å²) in [5.41, 5.74) is 11.6. The molecule has 0 aliphatic rings. The van der Waals surface area contributed by atoms with Crippen LogP contribution in [0.5, 0.6) is 0 Å². The number of para-hydroxylation sites is 2. The lowest BCUT2D eigenvalue weighted by atomic mass is 10.1. The van der Waals surface area contributed by atoms with Gasteiger partial charge in [0.05, 0.1) is 11.4 Å². The first kappa shape index (κ1) is 21.3. The van der Waals surface area contributed by atoms with E-state index in [9.17, 15) is 4.79 Å². The average Bonchev–Trinajstić information content (AvgIpc) is 2.76. The van der Waals surface area contributed by atoms with Crippen molar-refractivity contribution in [3.05, 3.63) is 78.9 Å². The fourth-order valence-electron chi connectivity index (χ4n) is 3.32. The molecule has 0 aliphatic heterocycles. The number of carbonyl (C=O) groups is 1. The molecule has 0 heterocycles. The molecule has 1 amide bonds. The van der Waals surface area contributed by atoms with Crippen LogP contribution in [-0.4, -0.2) is 11.6 Å². The van der Waals surface area contributed by atoms with Crippen molar-refractivity contribution in [3.63, 3.8) is 0 Å². The summed E-state index contributed by atoms with van der Waals surface area (Å²) in [6.45, 7) is 2.03. The van der Waals surface area contributed by atoms with Crippen LogP contribution in [0.25, 0.3) is 11.1 Å². The molecule has 3 aromatic rings. The molecule has 30 heavy (non-hydrogen) atoms. The summed E-state index contributed by atoms with van der Waals surface area (Å²) in [7, 11) is 0. The van der Waals surface area contributed by atoms with Crippen LogP contribution in [0.1, 0.15) is 39.0 Å². The van der Waals surface area contributed by atoms with Crippen molar-refractivity contribution >= 4 is 28.7 Å². The molecule has 4 nitrogen and oxygen atoms in total. The molecule has 0 bridgehead atoms. The molecule has 4 heteroatoms. The van der Waals surface area contributed by atoms with E-state index in [0.29, 0.717) is 12.1 Å². The van der Waals surface area contributed by atoms with E-state index < -0.39 is 0 Å². The third-order valence-corrected chi connectivity index (χ3v) is 4.94. The highest BCUT2D eigenvalue weighted by molar-refractivity contribution is 5.91. The van der Waals surface area contributed by atoms with E-state index in [0.717, 1.165) is 53.9 Å². The molecule has 0 aliphatic carbocycles. The largest absolute Gasteiger partial charge is 0.397 e. The predicted molar refractivity (Wildman–Crippen MR) is 127 cm³/mol. The summed E-state index contributed by atoms with van der Waals surface area (Å²) >= 11 is 0. The van der Waals surface area contributed by atoms with Gasteiger partial charge >= 0.3 is 0 Å². The summed E-state index contributed by atoms with van der Waals surface area (Å²) in [6, 6.07) is 25.8. The van der Waals surface area contributed by atoms with Crippen molar-refractivity contribution < 1.29 is 4.79 Å². The van der Waals surface area contributed by atoms with Gasteiger partial charge in [-0.3, -0.25) is 9.79 Å². The Balaban J connectivity index is 1.40. The number of hydrogen-bond donors (Lipinski definition) is 2. The maximum atomic E-state index is 12.3. The maximum absolute atomic E-state index is 12.3. The van der Waals surface area contributed by atoms with Crippen LogP contribution in [0.15, 0.2) is 83.9 Å². The van der Waals surface area contributed by atoms with Crippen LogP contribution in [0.4, 0.5) is 17.1 Å². The minimum atomic E-state index is 0.0580. The Labute approximate surface area is 178 Å². The predicted octanol–water partition coefficient (Wildman–Crippen LogP) is 6.62. The topological polar surface area (TPSA) is 67.5 Å². The number of anilines is 2. The summed E-state index contributed by atoms with van der Waals surface area (Å²) in [5, 5.41) is 3.01. The zero-order valence-electron chi connectivity index (χ0n) is 17.5. The number of nitrogens with one attached hydrogen (secondary N) is 1. The number of aliphatic imine (C=N–C) groups is 1. The third-order valence-electron chi connectivity index (χ3n) is 4.94. The monoisotopic (exact) mass is 399 g/mol. The lowest BCUT2D eigenvalue weighted by Gasteiger charge is -2.08. The number of benzene rings is 3. The minimum Gasteiger partial charge on any atom is -0.397 e. The van der Waals surface area contributed by atoms with Crippen molar-refractivity contribution in [2.45, 2.75) is 39.0 Å². The van der Waals surface area contributed by atoms with Gasteiger partial charge in [0, 0.05) is 17.8 Å². The van der Waals surface area contributed by atoms with E-state index in [1.165, 1.54) is 0 Å². The molecule has 154 valence electrons. The molecular weight excluding hydrogens is 370 g/mol. The zero-order chi connectivity index (χ0) is 21.2. The van der Waals surface area contributed by atoms with Gasteiger partial charge < -0.3 is 11.1 Å². The van der Waals surface area contributed by atoms with Crippen LogP contribution in [-0.2, 0) is 4.79 Å². The SMILES string of the molecule is CC(CCCCCC(=O)Nc1cccc(-c2ccccc2)c1)=Nc1ccccc1N. The van der Waals surface area contributed by atoms with Crippen molar-refractivity contribution in [2.24, 2.45) is 4.99 Å². The highest BCUT2D eigenvalue weighted by Crippen LogP contribution is 2.23. The number of unbranched alkanes of at least 4 members (excludes halogenated alkanes) is 2. The molecular formula is C26H29N3O. The van der Waals surface area contributed by atoms with Crippen molar-refractivity contribution in [3.8, 4) is 11.1 Å². The molecule has 0 spiro atoms. The Bertz CT molecular complexity index is 996. The summed E-state index contributed by atoms with van der Waals surface area (Å²) < 4.78 is 0. The van der Waals surface area contributed by atoms with E-state index in [4.69, 9.17) is 5.73 Å². The Morgan fingerprint density at radius 3 is 2.33 bits per heavy atom. The first-order chi connectivity index (χ1) is 14.6. The molecule has 0 aromatic heterocycles. The number of carbonyl (C=O) groups excluding carboxylic acids is 1. The van der Waals surface area contributed by atoms with Gasteiger partial charge in [0.1, 0.15) is 0 Å². The number of nitrogen functional groups attached to an aromatic ring is 1. The molecule has 3 aromatic carbocycles. The fraction of sp³-hybridized carbons (Fsp3) is 0.231. The highest BCUT2D eigenvalue weighted by atomic mass is 16.1. The van der Waals surface area contributed by atoms with Gasteiger partial charge in [-0.1, -0.05) is 61.0 Å². The standard InChI is InChI=1S/C26H29N3O/c1-20(28-25-17-9-8-16-24(25)27)11-4-2-7-18-26(30)29-23-15-10-14-22(19-23)21-12-5-3-6-13-21/h3,5-6,8-10,12-17,19H,2,4,7,11,18,27H2,1H3,(H,29,30). The van der Waals surface area contributed by atoms with Crippen molar-refractivity contribution in [1.82, 2.24) is 0 Å². The normalized spacial score (nSPS) is 11.3. The molecule has 3 rings (SSSR count). The van der Waals surface area contributed by atoms with Gasteiger partial charge in [-0.15, -0.1) is 0 Å². The number of nitrogens with two attached hydrogens (primary N) is 1. The van der Waals surface area contributed by atoms with Crippen LogP contribution >= 0.6 is 0 Å². The summed E-state index contributed by atoms with van der Waals surface area (Å²) in [5.74, 6) is 0.0580. The van der Waals surface area contributed by atoms with Gasteiger partial charge in [-0.05, 0) is 61.6 Å². The highest BCUT2D eigenvalue weighted by Gasteiger charge is 2.05. The van der Waals surface area contributed by atoms with Gasteiger partial charge in [0.15, 0.2) is 0 Å². The van der Waals surface area contributed by atoms with E-state index in [2.05, 4.69) is 28.5 Å². The van der Waals surface area contributed by atoms with E-state index in [1.54, 1.807) is 0 Å². The molecule has 0 saturated carbocycles. The first-order valence-electron chi connectivity index (χ1n) is 10.5. The minimum absolute atomic E-state index is 0.0580. The van der Waals surface area contributed by atoms with E-state index in [1.807, 2.05) is 67.6 Å². The Kier molecular flexibility index (Phi) is 7.78. The number of nitrogens with zero attached hydrogens (tertiary/aromatic N) is 1. The van der Waals surface area contributed by atoms with Gasteiger partial charge in [-0.25, -0.2) is 0 Å². The first-order valence-corrected chi connectivity index (χ1v) is 10.5. The molecule has 0 unspecified atom stereocenters. The van der Waals surface area contributed by atoms with Crippen molar-refractivity contribution in [1.29, 1.82) is 0 Å². The molecule has 0 fully saturated rings. The van der Waals surface area contributed by atoms with Gasteiger partial charge in [0.2, 0.25) is 5.91 Å². The zero-order valence-corrected chi connectivity index (χ0v) is 17.5. The summed E-state index contributed by atoms with van der Waals surface area (Å²) in [6.07, 6.45) is 4.31. The van der Waals surface area contributed by atoms with Gasteiger partial charge in [-0.2, -0.15) is 0 Å². The molecule has 3 N–H and O–H groups in total. The van der Waals surface area contributed by atoms with Crippen LogP contribution in [0, 0.1) is 0 Å². The lowest BCUT2D eigenvalue weighted by molar-refractivity contribution is -0.116. The van der Waals surface area contributed by atoms with Crippen LogP contribution < -0.4 is 11.1 Å². The Morgan fingerprint density at radius 1 is 0.833 bits per heavy atom. The second-order valence-electron chi connectivity index (χ2n) is 7.46. The number of rotatable bonds is 9.